The number of rotatable bonds is 3. The third-order valence-electron chi connectivity index (χ3n) is 2.66. The fraction of sp³-hybridized carbons (Fsp3) is 0. The van der Waals surface area contributed by atoms with Crippen LogP contribution >= 0.6 is 0 Å². The molecule has 2 aromatic carbocycles. The predicted octanol–water partition coefficient (Wildman–Crippen LogP) is 4.50. The summed E-state index contributed by atoms with van der Waals surface area (Å²) in [5, 5.41) is 10.3. The fourth-order valence-electron chi connectivity index (χ4n) is 1.59. The molecule has 4 nitrogen and oxygen atoms in total. The molecule has 0 aliphatic heterocycles. The van der Waals surface area contributed by atoms with E-state index >= 15 is 0 Å². The lowest BCUT2D eigenvalue weighted by Gasteiger charge is -2.11. The van der Waals surface area contributed by atoms with Crippen molar-refractivity contribution in [2.45, 2.75) is 0 Å². The average Bonchev–Trinajstić information content (AvgIpc) is 2.50. The largest absolute Gasteiger partial charge is 0.444 e. The Labute approximate surface area is 126 Å². The van der Waals surface area contributed by atoms with Gasteiger partial charge in [-0.05, 0) is 0 Å². The molecule has 0 N–H and O–H groups in total. The van der Waals surface area contributed by atoms with Crippen molar-refractivity contribution in [3.63, 3.8) is 0 Å². The van der Waals surface area contributed by atoms with Crippen LogP contribution in [-0.4, -0.2) is 4.92 Å². The third-order valence-corrected chi connectivity index (χ3v) is 2.66. The summed E-state index contributed by atoms with van der Waals surface area (Å²) in [4.78, 5) is 8.54. The molecule has 0 bridgehead atoms. The maximum absolute atomic E-state index is 13.6. The SMILES string of the molecule is O=[N+]([O-])c1c(F)c(F)c(Oc2c(F)c(F)cc(F)c2F)c(F)c1F. The molecule has 0 unspecified atom stereocenters. The lowest BCUT2D eigenvalue weighted by atomic mass is 10.2. The maximum atomic E-state index is 13.6. The minimum Gasteiger partial charge on any atom is -0.444 e. The van der Waals surface area contributed by atoms with Gasteiger partial charge in [-0.3, -0.25) is 10.1 Å². The highest BCUT2D eigenvalue weighted by molar-refractivity contribution is 5.45. The van der Waals surface area contributed by atoms with E-state index < -0.39 is 68.6 Å². The smallest absolute Gasteiger partial charge is 0.346 e. The highest BCUT2D eigenvalue weighted by Gasteiger charge is 2.35. The van der Waals surface area contributed by atoms with Gasteiger partial charge >= 0.3 is 5.69 Å². The Morgan fingerprint density at radius 1 is 0.708 bits per heavy atom. The van der Waals surface area contributed by atoms with Crippen LogP contribution in [0.3, 0.4) is 0 Å². The Hall–Kier alpha value is -2.92. The molecule has 0 atom stereocenters. The summed E-state index contributed by atoms with van der Waals surface area (Å²) in [7, 11) is 0. The van der Waals surface area contributed by atoms with E-state index in [0.29, 0.717) is 0 Å². The molecule has 128 valence electrons. The van der Waals surface area contributed by atoms with E-state index in [1.807, 2.05) is 0 Å². The first-order chi connectivity index (χ1) is 11.1. The minimum absolute atomic E-state index is 0.263. The molecule has 0 fully saturated rings. The molecule has 12 heteroatoms. The summed E-state index contributed by atoms with van der Waals surface area (Å²) in [6.07, 6.45) is 0. The third kappa shape index (κ3) is 2.59. The van der Waals surface area contributed by atoms with Crippen molar-refractivity contribution in [2.75, 3.05) is 0 Å². The Balaban J connectivity index is 2.71. The van der Waals surface area contributed by atoms with Crippen molar-refractivity contribution in [1.82, 2.24) is 0 Å². The van der Waals surface area contributed by atoms with Crippen LogP contribution in [0.4, 0.5) is 40.8 Å². The summed E-state index contributed by atoms with van der Waals surface area (Å²) in [6, 6.07) is -0.263. The molecule has 0 spiro atoms. The molecule has 2 rings (SSSR count). The number of halogens is 8. The number of benzene rings is 2. The van der Waals surface area contributed by atoms with Crippen molar-refractivity contribution in [2.24, 2.45) is 0 Å². The van der Waals surface area contributed by atoms with Crippen LogP contribution < -0.4 is 4.74 Å². The second kappa shape index (κ2) is 5.94. The van der Waals surface area contributed by atoms with Gasteiger partial charge in [0.2, 0.25) is 46.4 Å². The molecular formula is C12HF8NO3. The van der Waals surface area contributed by atoms with Crippen molar-refractivity contribution in [1.29, 1.82) is 0 Å². The van der Waals surface area contributed by atoms with Gasteiger partial charge in [0, 0.05) is 6.07 Å². The molecule has 0 aliphatic carbocycles. The number of hydrogen-bond donors (Lipinski definition) is 0. The van der Waals surface area contributed by atoms with Crippen LogP contribution in [-0.2, 0) is 0 Å². The summed E-state index contributed by atoms with van der Waals surface area (Å²) in [5.41, 5.74) is -2.23. The second-order valence-corrected chi connectivity index (χ2v) is 4.09. The maximum Gasteiger partial charge on any atom is 0.346 e. The molecular weight excluding hydrogens is 358 g/mol. The van der Waals surface area contributed by atoms with E-state index in [2.05, 4.69) is 4.74 Å². The number of nitro groups is 1. The van der Waals surface area contributed by atoms with Crippen LogP contribution in [0.15, 0.2) is 6.07 Å². The van der Waals surface area contributed by atoms with E-state index in [0.717, 1.165) is 0 Å². The first-order valence-electron chi connectivity index (χ1n) is 5.59. The van der Waals surface area contributed by atoms with Crippen molar-refractivity contribution in [3.05, 3.63) is 62.7 Å². The zero-order valence-electron chi connectivity index (χ0n) is 10.8. The lowest BCUT2D eigenvalue weighted by Crippen LogP contribution is -2.08. The van der Waals surface area contributed by atoms with E-state index in [1.54, 1.807) is 0 Å². The molecule has 0 aromatic heterocycles. The van der Waals surface area contributed by atoms with Crippen LogP contribution in [0, 0.1) is 56.7 Å². The molecule has 0 amide bonds. The average molecular weight is 359 g/mol. The molecule has 0 saturated carbocycles. The summed E-state index contributed by atoms with van der Waals surface area (Å²) in [5.74, 6) is -23.0. The standard InChI is InChI=1S/C12HF8NO3/c13-2-1-3(14)5(16)11(4(2)15)24-12-8(19)6(17)10(21(22)23)7(18)9(12)20/h1H. The van der Waals surface area contributed by atoms with E-state index in [1.165, 1.54) is 0 Å². The van der Waals surface area contributed by atoms with Gasteiger partial charge in [0.1, 0.15) is 0 Å². The zero-order chi connectivity index (χ0) is 18.3. The monoisotopic (exact) mass is 359 g/mol. The fourth-order valence-corrected chi connectivity index (χ4v) is 1.59. The Morgan fingerprint density at radius 2 is 1.08 bits per heavy atom. The van der Waals surface area contributed by atoms with Crippen LogP contribution in [0.25, 0.3) is 0 Å². The van der Waals surface area contributed by atoms with Gasteiger partial charge in [0.15, 0.2) is 11.6 Å². The normalized spacial score (nSPS) is 10.8. The van der Waals surface area contributed by atoms with Crippen molar-refractivity contribution in [3.8, 4) is 11.5 Å². The van der Waals surface area contributed by atoms with Gasteiger partial charge < -0.3 is 4.74 Å². The second-order valence-electron chi connectivity index (χ2n) is 4.09. The van der Waals surface area contributed by atoms with E-state index in [-0.39, 0.29) is 6.07 Å². The molecule has 0 aliphatic rings. The van der Waals surface area contributed by atoms with Gasteiger partial charge in [-0.2, -0.15) is 26.3 Å². The van der Waals surface area contributed by atoms with Crippen molar-refractivity contribution >= 4 is 5.69 Å². The first kappa shape index (κ1) is 17.4. The topological polar surface area (TPSA) is 52.4 Å². The van der Waals surface area contributed by atoms with Crippen LogP contribution in [0.5, 0.6) is 11.5 Å². The molecule has 0 heterocycles. The number of hydrogen-bond acceptors (Lipinski definition) is 3. The van der Waals surface area contributed by atoms with E-state index in [9.17, 15) is 45.2 Å². The molecule has 2 aromatic rings. The first-order valence-corrected chi connectivity index (χ1v) is 5.59. The molecule has 0 saturated heterocycles. The molecule has 24 heavy (non-hydrogen) atoms. The summed E-state index contributed by atoms with van der Waals surface area (Å²) < 4.78 is 110. The summed E-state index contributed by atoms with van der Waals surface area (Å²) in [6.45, 7) is 0. The Kier molecular flexibility index (Phi) is 4.32. The van der Waals surface area contributed by atoms with Gasteiger partial charge in [-0.1, -0.05) is 0 Å². The quantitative estimate of drug-likeness (QED) is 0.351. The predicted molar refractivity (Wildman–Crippen MR) is 59.3 cm³/mol. The zero-order valence-corrected chi connectivity index (χ0v) is 10.8. The van der Waals surface area contributed by atoms with Crippen LogP contribution in [0.2, 0.25) is 0 Å². The van der Waals surface area contributed by atoms with Gasteiger partial charge in [0.25, 0.3) is 0 Å². The van der Waals surface area contributed by atoms with Crippen molar-refractivity contribution < 1.29 is 44.8 Å². The Morgan fingerprint density at radius 3 is 1.46 bits per heavy atom. The minimum atomic E-state index is -2.55. The van der Waals surface area contributed by atoms with Gasteiger partial charge in [-0.25, -0.2) is 8.78 Å². The Bertz CT molecular complexity index is 815. The highest BCUT2D eigenvalue weighted by Crippen LogP contribution is 2.38. The summed E-state index contributed by atoms with van der Waals surface area (Å²) >= 11 is 0. The number of ether oxygens (including phenoxy) is 1. The highest BCUT2D eigenvalue weighted by atomic mass is 19.2. The number of nitro benzene ring substituents is 1. The number of nitrogens with zero attached hydrogens (tertiary/aromatic N) is 1. The van der Waals surface area contributed by atoms with E-state index in [4.69, 9.17) is 0 Å². The lowest BCUT2D eigenvalue weighted by molar-refractivity contribution is -0.390. The van der Waals surface area contributed by atoms with Gasteiger partial charge in [0.05, 0.1) is 4.92 Å². The van der Waals surface area contributed by atoms with Gasteiger partial charge in [-0.15, -0.1) is 0 Å². The molecule has 0 radical (unpaired) electrons. The van der Waals surface area contributed by atoms with Crippen LogP contribution in [0.1, 0.15) is 0 Å².